The normalized spacial score (nSPS) is 9.41. The van der Waals surface area contributed by atoms with Crippen LogP contribution in [0.2, 0.25) is 0 Å². The van der Waals surface area contributed by atoms with Crippen LogP contribution in [0.4, 0.5) is 17.3 Å². The van der Waals surface area contributed by atoms with E-state index in [-0.39, 0.29) is 0 Å². The highest BCUT2D eigenvalue weighted by atomic mass is 15.3. The fourth-order valence-corrected chi connectivity index (χ4v) is 1.40. The second-order valence-electron chi connectivity index (χ2n) is 3.37. The second kappa shape index (κ2) is 4.96. The molecule has 2 aromatic rings. The lowest BCUT2D eigenvalue weighted by atomic mass is 10.2. The summed E-state index contributed by atoms with van der Waals surface area (Å²) in [5.74, 6) is 6.51. The first-order valence-electron chi connectivity index (χ1n) is 5.02. The topological polar surface area (TPSA) is 86.8 Å². The molecule has 84 valence electrons. The van der Waals surface area contributed by atoms with Crippen molar-refractivity contribution in [1.29, 1.82) is 5.26 Å². The Bertz CT molecular complexity index is 559. The van der Waals surface area contributed by atoms with Gasteiger partial charge in [-0.25, -0.2) is 10.8 Å². The van der Waals surface area contributed by atoms with Crippen molar-refractivity contribution in [3.63, 3.8) is 0 Å². The zero-order valence-corrected chi connectivity index (χ0v) is 9.01. The number of benzene rings is 1. The summed E-state index contributed by atoms with van der Waals surface area (Å²) in [6.45, 7) is 0. The first-order chi connectivity index (χ1) is 8.31. The van der Waals surface area contributed by atoms with Crippen LogP contribution in [0.1, 0.15) is 5.56 Å². The van der Waals surface area contributed by atoms with E-state index in [0.717, 1.165) is 5.69 Å². The highest BCUT2D eigenvalue weighted by Crippen LogP contribution is 2.16. The van der Waals surface area contributed by atoms with Gasteiger partial charge in [0.2, 0.25) is 0 Å². The molecule has 0 amide bonds. The van der Waals surface area contributed by atoms with E-state index in [1.165, 1.54) is 0 Å². The van der Waals surface area contributed by atoms with Crippen molar-refractivity contribution in [2.24, 2.45) is 5.84 Å². The van der Waals surface area contributed by atoms with Crippen molar-refractivity contribution in [2.75, 3.05) is 10.7 Å². The molecule has 1 aromatic heterocycles. The third-order valence-corrected chi connectivity index (χ3v) is 2.16. The van der Waals surface area contributed by atoms with Gasteiger partial charge in [-0.2, -0.15) is 5.26 Å². The molecule has 0 saturated heterocycles. The number of nitrogens with one attached hydrogen (secondary N) is 2. The number of nitriles is 1. The number of nitrogen functional groups attached to an aromatic ring is 1. The zero-order valence-electron chi connectivity index (χ0n) is 9.01. The van der Waals surface area contributed by atoms with Crippen LogP contribution < -0.4 is 16.6 Å². The Kier molecular flexibility index (Phi) is 3.19. The maximum absolute atomic E-state index is 8.79. The van der Waals surface area contributed by atoms with Crippen LogP contribution in [0.15, 0.2) is 42.5 Å². The number of hydrazine groups is 1. The fourth-order valence-electron chi connectivity index (χ4n) is 1.40. The molecular formula is C12H11N5. The van der Waals surface area contributed by atoms with Gasteiger partial charge in [0.05, 0.1) is 11.6 Å². The number of aromatic nitrogens is 1. The van der Waals surface area contributed by atoms with Gasteiger partial charge in [-0.3, -0.25) is 0 Å². The lowest BCUT2D eigenvalue weighted by Crippen LogP contribution is -2.08. The van der Waals surface area contributed by atoms with Gasteiger partial charge in [0.15, 0.2) is 0 Å². The number of pyridine rings is 1. The average molecular weight is 225 g/mol. The van der Waals surface area contributed by atoms with Gasteiger partial charge in [-0.05, 0) is 30.3 Å². The molecule has 0 fully saturated rings. The molecule has 1 aromatic carbocycles. The van der Waals surface area contributed by atoms with Crippen molar-refractivity contribution < 1.29 is 0 Å². The summed E-state index contributed by atoms with van der Waals surface area (Å²) >= 11 is 0. The fraction of sp³-hybridized carbons (Fsp3) is 0. The van der Waals surface area contributed by atoms with Gasteiger partial charge in [-0.1, -0.05) is 12.1 Å². The summed E-state index contributed by atoms with van der Waals surface area (Å²) in [6, 6.07) is 14.7. The summed E-state index contributed by atoms with van der Waals surface area (Å²) in [7, 11) is 0. The Balaban J connectivity index is 2.22. The number of nitrogens with zero attached hydrogens (tertiary/aromatic N) is 2. The van der Waals surface area contributed by atoms with Crippen LogP contribution in [-0.4, -0.2) is 4.98 Å². The number of rotatable bonds is 3. The predicted molar refractivity (Wildman–Crippen MR) is 66.5 cm³/mol. The van der Waals surface area contributed by atoms with Crippen molar-refractivity contribution >= 4 is 17.3 Å². The molecular weight excluding hydrogens is 214 g/mol. The third kappa shape index (κ3) is 2.71. The van der Waals surface area contributed by atoms with E-state index in [1.807, 2.05) is 24.3 Å². The lowest BCUT2D eigenvalue weighted by Gasteiger charge is -2.07. The van der Waals surface area contributed by atoms with E-state index < -0.39 is 0 Å². The maximum Gasteiger partial charge on any atom is 0.142 e. The quantitative estimate of drug-likeness (QED) is 0.549. The zero-order chi connectivity index (χ0) is 12.1. The average Bonchev–Trinajstić information content (AvgIpc) is 2.39. The van der Waals surface area contributed by atoms with Gasteiger partial charge in [0.25, 0.3) is 0 Å². The van der Waals surface area contributed by atoms with Crippen molar-refractivity contribution in [2.45, 2.75) is 0 Å². The van der Waals surface area contributed by atoms with E-state index in [1.54, 1.807) is 18.2 Å². The smallest absolute Gasteiger partial charge is 0.142 e. The molecule has 5 heteroatoms. The Morgan fingerprint density at radius 3 is 2.65 bits per heavy atom. The maximum atomic E-state index is 8.79. The second-order valence-corrected chi connectivity index (χ2v) is 3.37. The first kappa shape index (κ1) is 10.9. The molecule has 1 heterocycles. The summed E-state index contributed by atoms with van der Waals surface area (Å²) in [5.41, 5.74) is 3.88. The van der Waals surface area contributed by atoms with Crippen LogP contribution in [0.5, 0.6) is 0 Å². The molecule has 0 atom stereocenters. The summed E-state index contributed by atoms with van der Waals surface area (Å²) < 4.78 is 0. The van der Waals surface area contributed by atoms with Crippen LogP contribution in [0.25, 0.3) is 0 Å². The Morgan fingerprint density at radius 1 is 1.12 bits per heavy atom. The van der Waals surface area contributed by atoms with Crippen LogP contribution in [-0.2, 0) is 0 Å². The van der Waals surface area contributed by atoms with Crippen molar-refractivity contribution in [1.82, 2.24) is 4.98 Å². The van der Waals surface area contributed by atoms with Crippen molar-refractivity contribution in [3.05, 3.63) is 48.0 Å². The molecule has 0 spiro atoms. The molecule has 0 aliphatic rings. The minimum atomic E-state index is 0.575. The molecule has 0 aliphatic carbocycles. The van der Waals surface area contributed by atoms with Gasteiger partial charge in [0.1, 0.15) is 11.6 Å². The summed E-state index contributed by atoms with van der Waals surface area (Å²) in [6.07, 6.45) is 0. The number of nitrogens with two attached hydrogens (primary N) is 1. The number of hydrogen-bond acceptors (Lipinski definition) is 5. The van der Waals surface area contributed by atoms with Crippen molar-refractivity contribution in [3.8, 4) is 6.07 Å². The molecule has 0 bridgehead atoms. The minimum Gasteiger partial charge on any atom is -0.340 e. The number of hydrogen-bond donors (Lipinski definition) is 3. The van der Waals surface area contributed by atoms with Crippen LogP contribution in [0, 0.1) is 11.3 Å². The van der Waals surface area contributed by atoms with E-state index in [9.17, 15) is 0 Å². The Labute approximate surface area is 98.9 Å². The Hall–Kier alpha value is -2.58. The van der Waals surface area contributed by atoms with Gasteiger partial charge in [-0.15, -0.1) is 0 Å². The minimum absolute atomic E-state index is 0.575. The van der Waals surface area contributed by atoms with Gasteiger partial charge in [0, 0.05) is 5.69 Å². The SMILES string of the molecule is N#Cc1cccc(Nc2cccc(NN)n2)c1. The van der Waals surface area contributed by atoms with E-state index >= 15 is 0 Å². The summed E-state index contributed by atoms with van der Waals surface area (Å²) in [5, 5.41) is 11.9. The van der Waals surface area contributed by atoms with Crippen LogP contribution in [0.3, 0.4) is 0 Å². The monoisotopic (exact) mass is 225 g/mol. The molecule has 0 saturated carbocycles. The van der Waals surface area contributed by atoms with E-state index in [2.05, 4.69) is 21.8 Å². The molecule has 4 N–H and O–H groups in total. The number of anilines is 3. The standard InChI is InChI=1S/C12H11N5/c13-8-9-3-1-4-10(7-9)15-11-5-2-6-12(16-11)17-14/h1-7H,14H2,(H2,15,16,17). The highest BCUT2D eigenvalue weighted by Gasteiger charge is 1.98. The molecule has 17 heavy (non-hydrogen) atoms. The predicted octanol–water partition coefficient (Wildman–Crippen LogP) is 1.98. The van der Waals surface area contributed by atoms with E-state index in [0.29, 0.717) is 17.2 Å². The van der Waals surface area contributed by atoms with Gasteiger partial charge < -0.3 is 10.7 Å². The largest absolute Gasteiger partial charge is 0.340 e. The van der Waals surface area contributed by atoms with Gasteiger partial charge >= 0.3 is 0 Å². The molecule has 0 aliphatic heterocycles. The molecule has 2 rings (SSSR count). The summed E-state index contributed by atoms with van der Waals surface area (Å²) in [4.78, 5) is 4.21. The Morgan fingerprint density at radius 2 is 1.88 bits per heavy atom. The third-order valence-electron chi connectivity index (χ3n) is 2.16. The van der Waals surface area contributed by atoms with Crippen LogP contribution >= 0.6 is 0 Å². The molecule has 5 nitrogen and oxygen atoms in total. The lowest BCUT2D eigenvalue weighted by molar-refractivity contribution is 1.22. The molecule has 0 unspecified atom stereocenters. The first-order valence-corrected chi connectivity index (χ1v) is 5.02. The van der Waals surface area contributed by atoms with E-state index in [4.69, 9.17) is 11.1 Å². The molecule has 0 radical (unpaired) electrons. The highest BCUT2D eigenvalue weighted by molar-refractivity contribution is 5.59.